The molecule has 0 rings (SSSR count). The third-order valence-electron chi connectivity index (χ3n) is 2.25. The highest BCUT2D eigenvalue weighted by atomic mass is 16.5. The van der Waals surface area contributed by atoms with Crippen molar-refractivity contribution in [2.24, 2.45) is 16.7 Å². The van der Waals surface area contributed by atoms with E-state index in [1.165, 1.54) is 0 Å². The average molecular weight is 200 g/mol. The van der Waals surface area contributed by atoms with E-state index in [1.54, 1.807) is 0 Å². The van der Waals surface area contributed by atoms with Crippen molar-refractivity contribution in [3.63, 3.8) is 0 Å². The molecule has 0 spiro atoms. The van der Waals surface area contributed by atoms with E-state index in [-0.39, 0.29) is 22.7 Å². The molecule has 14 heavy (non-hydrogen) atoms. The van der Waals surface area contributed by atoms with E-state index in [4.69, 9.17) is 4.74 Å². The first kappa shape index (κ1) is 13.5. The van der Waals surface area contributed by atoms with Crippen LogP contribution in [-0.4, -0.2) is 12.6 Å². The predicted molar refractivity (Wildman–Crippen MR) is 59.0 cm³/mol. The minimum atomic E-state index is -0.0764. The van der Waals surface area contributed by atoms with Crippen molar-refractivity contribution >= 4 is 5.97 Å². The first-order valence-corrected chi connectivity index (χ1v) is 5.27. The zero-order chi connectivity index (χ0) is 11.6. The van der Waals surface area contributed by atoms with E-state index in [0.29, 0.717) is 6.61 Å². The van der Waals surface area contributed by atoms with E-state index in [1.807, 2.05) is 6.92 Å². The Labute approximate surface area is 88.0 Å². The number of hydrogen-bond donors (Lipinski definition) is 0. The average Bonchev–Trinajstić information content (AvgIpc) is 1.78. The summed E-state index contributed by atoms with van der Waals surface area (Å²) in [7, 11) is 0. The number of carbonyl (C=O) groups excluding carboxylic acids is 1. The van der Waals surface area contributed by atoms with Gasteiger partial charge in [-0.1, -0.05) is 41.5 Å². The zero-order valence-corrected chi connectivity index (χ0v) is 10.6. The van der Waals surface area contributed by atoms with Crippen LogP contribution in [0, 0.1) is 16.7 Å². The SMILES string of the molecule is CCOC(=O)C(C(C)(C)C)C(C)(C)C. The standard InChI is InChI=1S/C12H24O2/c1-8-14-10(13)9(11(2,3)4)12(5,6)7/h9H,8H2,1-7H3. The van der Waals surface area contributed by atoms with Crippen LogP contribution in [0.3, 0.4) is 0 Å². The Morgan fingerprint density at radius 2 is 1.43 bits per heavy atom. The van der Waals surface area contributed by atoms with Gasteiger partial charge < -0.3 is 4.74 Å². The van der Waals surface area contributed by atoms with Crippen LogP contribution >= 0.6 is 0 Å². The minimum absolute atomic E-state index is 0.0511. The molecular weight excluding hydrogens is 176 g/mol. The molecule has 0 atom stereocenters. The van der Waals surface area contributed by atoms with E-state index in [2.05, 4.69) is 41.5 Å². The molecule has 0 saturated carbocycles. The lowest BCUT2D eigenvalue weighted by molar-refractivity contribution is -0.157. The summed E-state index contributed by atoms with van der Waals surface area (Å²) in [5.41, 5.74) is -0.102. The molecule has 0 radical (unpaired) electrons. The number of ether oxygens (including phenoxy) is 1. The second kappa shape index (κ2) is 4.33. The number of hydrogen-bond acceptors (Lipinski definition) is 2. The van der Waals surface area contributed by atoms with Gasteiger partial charge in [-0.2, -0.15) is 0 Å². The lowest BCUT2D eigenvalue weighted by Gasteiger charge is -2.38. The molecule has 0 unspecified atom stereocenters. The molecule has 0 aliphatic heterocycles. The van der Waals surface area contributed by atoms with Crippen LogP contribution in [0.5, 0.6) is 0 Å². The molecule has 2 heteroatoms. The maximum atomic E-state index is 11.8. The van der Waals surface area contributed by atoms with Gasteiger partial charge in [-0.3, -0.25) is 4.79 Å². The number of esters is 1. The van der Waals surface area contributed by atoms with Crippen molar-refractivity contribution in [1.29, 1.82) is 0 Å². The van der Waals surface area contributed by atoms with Crippen LogP contribution in [0.15, 0.2) is 0 Å². The van der Waals surface area contributed by atoms with Crippen molar-refractivity contribution in [1.82, 2.24) is 0 Å². The smallest absolute Gasteiger partial charge is 0.309 e. The summed E-state index contributed by atoms with van der Waals surface area (Å²) in [6.45, 7) is 14.8. The third kappa shape index (κ3) is 3.69. The van der Waals surface area contributed by atoms with Gasteiger partial charge in [-0.05, 0) is 17.8 Å². The summed E-state index contributed by atoms with van der Waals surface area (Å²) in [4.78, 5) is 11.8. The molecule has 2 nitrogen and oxygen atoms in total. The summed E-state index contributed by atoms with van der Waals surface area (Å²) in [5, 5.41) is 0. The Morgan fingerprint density at radius 3 is 1.64 bits per heavy atom. The molecule has 0 aromatic rings. The van der Waals surface area contributed by atoms with Gasteiger partial charge in [0.05, 0.1) is 12.5 Å². The molecule has 0 aromatic heterocycles. The highest BCUT2D eigenvalue weighted by molar-refractivity contribution is 5.74. The van der Waals surface area contributed by atoms with Crippen LogP contribution in [-0.2, 0) is 9.53 Å². The van der Waals surface area contributed by atoms with E-state index < -0.39 is 0 Å². The van der Waals surface area contributed by atoms with Gasteiger partial charge in [0.2, 0.25) is 0 Å². The Morgan fingerprint density at radius 1 is 1.07 bits per heavy atom. The molecular formula is C12H24O2. The molecule has 0 bridgehead atoms. The molecule has 0 aromatic carbocycles. The molecule has 0 saturated heterocycles. The van der Waals surface area contributed by atoms with Crippen molar-refractivity contribution in [3.05, 3.63) is 0 Å². The summed E-state index contributed by atoms with van der Waals surface area (Å²) < 4.78 is 5.12. The fourth-order valence-electron chi connectivity index (χ4n) is 2.23. The third-order valence-corrected chi connectivity index (χ3v) is 2.25. The lowest BCUT2D eigenvalue weighted by atomic mass is 9.67. The second-order valence-corrected chi connectivity index (χ2v) is 5.92. The maximum Gasteiger partial charge on any atom is 0.309 e. The lowest BCUT2D eigenvalue weighted by Crippen LogP contribution is -2.39. The van der Waals surface area contributed by atoms with Crippen LogP contribution in [0.2, 0.25) is 0 Å². The van der Waals surface area contributed by atoms with Crippen LogP contribution < -0.4 is 0 Å². The second-order valence-electron chi connectivity index (χ2n) is 5.92. The van der Waals surface area contributed by atoms with E-state index in [9.17, 15) is 4.79 Å². The summed E-state index contributed by atoms with van der Waals surface area (Å²) in [5.74, 6) is -0.137. The molecule has 0 heterocycles. The largest absolute Gasteiger partial charge is 0.466 e. The Bertz CT molecular complexity index is 179. The van der Waals surface area contributed by atoms with E-state index >= 15 is 0 Å². The Hall–Kier alpha value is -0.530. The fourth-order valence-corrected chi connectivity index (χ4v) is 2.23. The normalized spacial score (nSPS) is 13.1. The van der Waals surface area contributed by atoms with Crippen molar-refractivity contribution in [2.75, 3.05) is 6.61 Å². The molecule has 0 aliphatic carbocycles. The first-order valence-electron chi connectivity index (χ1n) is 5.27. The highest BCUT2D eigenvalue weighted by Gasteiger charge is 2.41. The van der Waals surface area contributed by atoms with Crippen molar-refractivity contribution < 1.29 is 9.53 Å². The van der Waals surface area contributed by atoms with Gasteiger partial charge in [0.15, 0.2) is 0 Å². The van der Waals surface area contributed by atoms with Gasteiger partial charge in [0, 0.05) is 0 Å². The van der Waals surface area contributed by atoms with Crippen LogP contribution in [0.1, 0.15) is 48.5 Å². The Balaban J connectivity index is 4.84. The maximum absolute atomic E-state index is 11.8. The van der Waals surface area contributed by atoms with Gasteiger partial charge >= 0.3 is 5.97 Å². The molecule has 0 aliphatic rings. The van der Waals surface area contributed by atoms with Crippen LogP contribution in [0.25, 0.3) is 0 Å². The monoisotopic (exact) mass is 200 g/mol. The summed E-state index contributed by atoms with van der Waals surface area (Å²) in [6.07, 6.45) is 0. The minimum Gasteiger partial charge on any atom is -0.466 e. The number of carbonyl (C=O) groups is 1. The zero-order valence-electron chi connectivity index (χ0n) is 10.6. The summed E-state index contributed by atoms with van der Waals surface area (Å²) in [6, 6.07) is 0. The topological polar surface area (TPSA) is 26.3 Å². The predicted octanol–water partition coefficient (Wildman–Crippen LogP) is 3.26. The van der Waals surface area contributed by atoms with Gasteiger partial charge in [0.1, 0.15) is 0 Å². The van der Waals surface area contributed by atoms with Crippen molar-refractivity contribution in [3.8, 4) is 0 Å². The Kier molecular flexibility index (Phi) is 4.16. The molecule has 0 N–H and O–H groups in total. The van der Waals surface area contributed by atoms with Gasteiger partial charge in [-0.25, -0.2) is 0 Å². The number of rotatable bonds is 2. The quantitative estimate of drug-likeness (QED) is 0.639. The summed E-state index contributed by atoms with van der Waals surface area (Å²) >= 11 is 0. The first-order chi connectivity index (χ1) is 6.10. The molecule has 0 amide bonds. The van der Waals surface area contributed by atoms with Gasteiger partial charge in [0.25, 0.3) is 0 Å². The highest BCUT2D eigenvalue weighted by Crippen LogP contribution is 2.40. The fraction of sp³-hybridized carbons (Fsp3) is 0.917. The van der Waals surface area contributed by atoms with Crippen molar-refractivity contribution in [2.45, 2.75) is 48.5 Å². The van der Waals surface area contributed by atoms with Gasteiger partial charge in [-0.15, -0.1) is 0 Å². The van der Waals surface area contributed by atoms with E-state index in [0.717, 1.165) is 0 Å². The molecule has 84 valence electrons. The van der Waals surface area contributed by atoms with Crippen LogP contribution in [0.4, 0.5) is 0 Å². The molecule has 0 fully saturated rings.